The molecule has 1 rings (SSSR count). The Bertz CT molecular complexity index is 299. The molecule has 0 spiro atoms. The Morgan fingerprint density at radius 2 is 2.31 bits per heavy atom. The van der Waals surface area contributed by atoms with Crippen molar-refractivity contribution < 1.29 is 4.79 Å². The average molecular weight is 198 g/mol. The Labute approximate surface area is 82.9 Å². The third-order valence-electron chi connectivity index (χ3n) is 2.00. The molecule has 3 heteroatoms. The van der Waals surface area contributed by atoms with Gasteiger partial charge in [0.15, 0.2) is 0 Å². The van der Waals surface area contributed by atoms with Crippen LogP contribution in [0.5, 0.6) is 0 Å². The van der Waals surface area contributed by atoms with Crippen LogP contribution in [0, 0.1) is 6.92 Å². The van der Waals surface area contributed by atoms with Gasteiger partial charge in [0.2, 0.25) is 6.41 Å². The van der Waals surface area contributed by atoms with E-state index in [1.807, 2.05) is 25.1 Å². The Kier molecular flexibility index (Phi) is 3.77. The summed E-state index contributed by atoms with van der Waals surface area (Å²) in [6.07, 6.45) is 1.53. The number of halogens is 1. The van der Waals surface area contributed by atoms with Crippen molar-refractivity contribution in [3.05, 3.63) is 34.3 Å². The maximum Gasteiger partial charge on any atom is 0.207 e. The van der Waals surface area contributed by atoms with E-state index >= 15 is 0 Å². The first kappa shape index (κ1) is 10.1. The number of carbonyl (C=O) groups is 1. The van der Waals surface area contributed by atoms with Crippen LogP contribution in [0.3, 0.4) is 0 Å². The molecule has 0 atom stereocenters. The Morgan fingerprint density at radius 3 is 3.00 bits per heavy atom. The lowest BCUT2D eigenvalue weighted by Crippen LogP contribution is -2.14. The van der Waals surface area contributed by atoms with Crippen molar-refractivity contribution in [3.8, 4) is 0 Å². The minimum atomic E-state index is 0.657. The summed E-state index contributed by atoms with van der Waals surface area (Å²) in [5.41, 5.74) is 2.28. The lowest BCUT2D eigenvalue weighted by atomic mass is 10.1. The van der Waals surface area contributed by atoms with Gasteiger partial charge >= 0.3 is 0 Å². The zero-order valence-corrected chi connectivity index (χ0v) is 8.27. The van der Waals surface area contributed by atoms with E-state index < -0.39 is 0 Å². The van der Waals surface area contributed by atoms with Gasteiger partial charge in [-0.25, -0.2) is 0 Å². The van der Waals surface area contributed by atoms with Crippen LogP contribution in [-0.2, 0) is 11.2 Å². The van der Waals surface area contributed by atoms with Crippen LogP contribution < -0.4 is 5.32 Å². The van der Waals surface area contributed by atoms with Gasteiger partial charge < -0.3 is 5.32 Å². The predicted molar refractivity (Wildman–Crippen MR) is 54.0 cm³/mol. The molecule has 0 bridgehead atoms. The lowest BCUT2D eigenvalue weighted by molar-refractivity contribution is -0.109. The molecule has 0 fully saturated rings. The molecule has 70 valence electrons. The normalized spacial score (nSPS) is 9.69. The van der Waals surface area contributed by atoms with E-state index in [0.717, 1.165) is 17.0 Å². The zero-order chi connectivity index (χ0) is 9.68. The van der Waals surface area contributed by atoms with Gasteiger partial charge in [0, 0.05) is 11.6 Å². The second-order valence-corrected chi connectivity index (χ2v) is 3.25. The summed E-state index contributed by atoms with van der Waals surface area (Å²) in [6, 6.07) is 5.81. The predicted octanol–water partition coefficient (Wildman–Crippen LogP) is 1.94. The van der Waals surface area contributed by atoms with Crippen molar-refractivity contribution in [2.75, 3.05) is 6.54 Å². The highest BCUT2D eigenvalue weighted by molar-refractivity contribution is 6.31. The standard InChI is InChI=1S/C10H12ClNO/c1-8-9(5-6-12-7-13)3-2-4-10(8)11/h2-4,7H,5-6H2,1H3,(H,12,13). The SMILES string of the molecule is Cc1c(Cl)cccc1CCNC=O. The summed E-state index contributed by atoms with van der Waals surface area (Å²) in [4.78, 5) is 10.0. The third kappa shape index (κ3) is 2.74. The molecule has 0 aliphatic heterocycles. The van der Waals surface area contributed by atoms with Gasteiger partial charge in [0.1, 0.15) is 0 Å². The highest BCUT2D eigenvalue weighted by Crippen LogP contribution is 2.18. The van der Waals surface area contributed by atoms with E-state index in [1.165, 1.54) is 5.56 Å². The number of amides is 1. The van der Waals surface area contributed by atoms with Gasteiger partial charge in [0.25, 0.3) is 0 Å². The van der Waals surface area contributed by atoms with Crippen molar-refractivity contribution in [1.82, 2.24) is 5.32 Å². The Morgan fingerprint density at radius 1 is 1.54 bits per heavy atom. The van der Waals surface area contributed by atoms with E-state index in [0.29, 0.717) is 13.0 Å². The number of nitrogens with one attached hydrogen (secondary N) is 1. The molecule has 0 aliphatic carbocycles. The smallest absolute Gasteiger partial charge is 0.207 e. The maximum absolute atomic E-state index is 10.0. The second-order valence-electron chi connectivity index (χ2n) is 2.85. The summed E-state index contributed by atoms with van der Waals surface area (Å²) in [7, 11) is 0. The molecule has 1 amide bonds. The zero-order valence-electron chi connectivity index (χ0n) is 7.51. The minimum absolute atomic E-state index is 0.657. The molecule has 2 nitrogen and oxygen atoms in total. The number of carbonyl (C=O) groups excluding carboxylic acids is 1. The molecule has 0 aliphatic rings. The molecule has 0 saturated carbocycles. The van der Waals surface area contributed by atoms with E-state index in [2.05, 4.69) is 5.32 Å². The fourth-order valence-electron chi connectivity index (χ4n) is 1.19. The van der Waals surface area contributed by atoms with Crippen molar-refractivity contribution in [2.45, 2.75) is 13.3 Å². The first-order chi connectivity index (χ1) is 6.25. The van der Waals surface area contributed by atoms with Gasteiger partial charge in [-0.2, -0.15) is 0 Å². The van der Waals surface area contributed by atoms with Gasteiger partial charge in [0.05, 0.1) is 0 Å². The van der Waals surface area contributed by atoms with Crippen LogP contribution >= 0.6 is 11.6 Å². The fraction of sp³-hybridized carbons (Fsp3) is 0.300. The topological polar surface area (TPSA) is 29.1 Å². The van der Waals surface area contributed by atoms with Crippen LogP contribution in [0.2, 0.25) is 5.02 Å². The van der Waals surface area contributed by atoms with Gasteiger partial charge in [-0.1, -0.05) is 23.7 Å². The molecule has 0 unspecified atom stereocenters. The Balaban J connectivity index is 2.65. The quantitative estimate of drug-likeness (QED) is 0.580. The summed E-state index contributed by atoms with van der Waals surface area (Å²) >= 11 is 5.94. The number of hydrogen-bond acceptors (Lipinski definition) is 1. The Hall–Kier alpha value is -1.02. The van der Waals surface area contributed by atoms with Gasteiger partial charge in [-0.3, -0.25) is 4.79 Å². The summed E-state index contributed by atoms with van der Waals surface area (Å²) in [5, 5.41) is 3.40. The molecule has 13 heavy (non-hydrogen) atoms. The second kappa shape index (κ2) is 4.87. The van der Waals surface area contributed by atoms with Crippen LogP contribution in [0.25, 0.3) is 0 Å². The lowest BCUT2D eigenvalue weighted by Gasteiger charge is -2.06. The van der Waals surface area contributed by atoms with Gasteiger partial charge in [-0.15, -0.1) is 0 Å². The molecular weight excluding hydrogens is 186 g/mol. The largest absolute Gasteiger partial charge is 0.358 e. The molecule has 1 aromatic carbocycles. The van der Waals surface area contributed by atoms with Crippen molar-refractivity contribution >= 4 is 18.0 Å². The highest BCUT2D eigenvalue weighted by Gasteiger charge is 2.00. The average Bonchev–Trinajstić information content (AvgIpc) is 2.13. The minimum Gasteiger partial charge on any atom is -0.358 e. The molecule has 1 N–H and O–H groups in total. The highest BCUT2D eigenvalue weighted by atomic mass is 35.5. The van der Waals surface area contributed by atoms with Crippen LogP contribution in [0.1, 0.15) is 11.1 Å². The third-order valence-corrected chi connectivity index (χ3v) is 2.41. The fourth-order valence-corrected chi connectivity index (χ4v) is 1.38. The molecule has 1 aromatic rings. The van der Waals surface area contributed by atoms with Crippen LogP contribution in [0.4, 0.5) is 0 Å². The van der Waals surface area contributed by atoms with E-state index in [1.54, 1.807) is 0 Å². The van der Waals surface area contributed by atoms with Crippen LogP contribution in [-0.4, -0.2) is 13.0 Å². The first-order valence-corrected chi connectivity index (χ1v) is 4.54. The molecule has 0 heterocycles. The van der Waals surface area contributed by atoms with E-state index in [-0.39, 0.29) is 0 Å². The summed E-state index contributed by atoms with van der Waals surface area (Å²) < 4.78 is 0. The van der Waals surface area contributed by atoms with Gasteiger partial charge in [-0.05, 0) is 30.5 Å². The number of rotatable bonds is 4. The first-order valence-electron chi connectivity index (χ1n) is 4.16. The number of hydrogen-bond donors (Lipinski definition) is 1. The van der Waals surface area contributed by atoms with Crippen LogP contribution in [0.15, 0.2) is 18.2 Å². The molecule has 0 aromatic heterocycles. The molecule has 0 saturated heterocycles. The van der Waals surface area contributed by atoms with Crippen molar-refractivity contribution in [1.29, 1.82) is 0 Å². The van der Waals surface area contributed by atoms with E-state index in [4.69, 9.17) is 11.6 Å². The van der Waals surface area contributed by atoms with Crippen molar-refractivity contribution in [2.24, 2.45) is 0 Å². The number of benzene rings is 1. The van der Waals surface area contributed by atoms with E-state index in [9.17, 15) is 4.79 Å². The molecular formula is C10H12ClNO. The monoisotopic (exact) mass is 197 g/mol. The van der Waals surface area contributed by atoms with Crippen molar-refractivity contribution in [3.63, 3.8) is 0 Å². The summed E-state index contributed by atoms with van der Waals surface area (Å²) in [6.45, 7) is 2.64. The maximum atomic E-state index is 10.0. The summed E-state index contributed by atoms with van der Waals surface area (Å²) in [5.74, 6) is 0. The molecule has 0 radical (unpaired) electrons.